The van der Waals surface area contributed by atoms with E-state index in [0.29, 0.717) is 5.57 Å². The molecule has 2 rings (SSSR count). The van der Waals surface area contributed by atoms with Gasteiger partial charge in [0, 0.05) is 11.6 Å². The molecule has 2 aliphatic rings. The van der Waals surface area contributed by atoms with Gasteiger partial charge in [-0.25, -0.2) is 9.59 Å². The Morgan fingerprint density at radius 3 is 3.19 bits per heavy atom. The van der Waals surface area contributed by atoms with Crippen LogP contribution in [0.4, 0.5) is 4.79 Å². The van der Waals surface area contributed by atoms with Crippen molar-refractivity contribution in [1.29, 1.82) is 0 Å². The number of carbonyl (C=O) groups is 2. The quantitative estimate of drug-likeness (QED) is 0.651. The summed E-state index contributed by atoms with van der Waals surface area (Å²) < 4.78 is 19.4. The highest BCUT2D eigenvalue weighted by molar-refractivity contribution is 5.88. The Morgan fingerprint density at radius 2 is 2.44 bits per heavy atom. The largest absolute Gasteiger partial charge is 0.508 e. The molecule has 0 aliphatic carbocycles. The van der Waals surface area contributed by atoms with Gasteiger partial charge in [0.05, 0.1) is 6.61 Å². The highest BCUT2D eigenvalue weighted by atomic mass is 16.7. The number of carbonyl (C=O) groups excluding carboxylic acids is 2. The van der Waals surface area contributed by atoms with Gasteiger partial charge in [0.15, 0.2) is 11.9 Å². The van der Waals surface area contributed by atoms with Gasteiger partial charge in [-0.3, -0.25) is 0 Å². The molecule has 0 aromatic heterocycles. The van der Waals surface area contributed by atoms with Crippen LogP contribution in [-0.4, -0.2) is 31.4 Å². The molecule has 0 amide bonds. The van der Waals surface area contributed by atoms with Gasteiger partial charge in [0.1, 0.15) is 12.9 Å². The average Bonchev–Trinajstić information content (AvgIpc) is 2.60. The molecule has 2 aliphatic heterocycles. The molecule has 0 fully saturated rings. The van der Waals surface area contributed by atoms with Crippen LogP contribution < -0.4 is 0 Å². The summed E-state index contributed by atoms with van der Waals surface area (Å²) in [6.07, 6.45) is 1.14. The zero-order valence-electron chi connectivity index (χ0n) is 8.60. The van der Waals surface area contributed by atoms with E-state index in [-0.39, 0.29) is 19.0 Å². The molecule has 0 aromatic carbocycles. The van der Waals surface area contributed by atoms with Crippen molar-refractivity contribution in [2.24, 2.45) is 0 Å². The second-order valence-corrected chi connectivity index (χ2v) is 3.13. The first kappa shape index (κ1) is 10.5. The van der Waals surface area contributed by atoms with E-state index in [1.54, 1.807) is 6.92 Å². The van der Waals surface area contributed by atoms with E-state index >= 15 is 0 Å². The van der Waals surface area contributed by atoms with E-state index in [0.717, 1.165) is 0 Å². The van der Waals surface area contributed by atoms with Crippen molar-refractivity contribution in [1.82, 2.24) is 0 Å². The average molecular weight is 226 g/mol. The maximum atomic E-state index is 11.1. The summed E-state index contributed by atoms with van der Waals surface area (Å²) in [6.45, 7) is 2.04. The van der Waals surface area contributed by atoms with Crippen LogP contribution in [0.5, 0.6) is 0 Å². The van der Waals surface area contributed by atoms with Crippen molar-refractivity contribution in [3.8, 4) is 0 Å². The minimum absolute atomic E-state index is 0.144. The van der Waals surface area contributed by atoms with Crippen LogP contribution >= 0.6 is 0 Å². The Hall–Kier alpha value is -1.98. The smallest absolute Gasteiger partial charge is 0.493 e. The first-order valence-corrected chi connectivity index (χ1v) is 4.79. The van der Waals surface area contributed by atoms with Gasteiger partial charge in [-0.15, -0.1) is 0 Å². The van der Waals surface area contributed by atoms with Crippen LogP contribution in [0.15, 0.2) is 23.7 Å². The molecule has 0 unspecified atom stereocenters. The first-order chi connectivity index (χ1) is 7.70. The van der Waals surface area contributed by atoms with E-state index in [1.165, 1.54) is 12.3 Å². The molecule has 6 nitrogen and oxygen atoms in total. The lowest BCUT2D eigenvalue weighted by molar-refractivity contribution is -0.132. The molecule has 0 spiro atoms. The van der Waals surface area contributed by atoms with Gasteiger partial charge in [0.25, 0.3) is 0 Å². The fourth-order valence-electron chi connectivity index (χ4n) is 1.41. The lowest BCUT2D eigenvalue weighted by Crippen LogP contribution is -2.28. The topological polar surface area (TPSA) is 71.1 Å². The molecule has 0 radical (unpaired) electrons. The fraction of sp³-hybridized carbons (Fsp3) is 0.400. The minimum Gasteiger partial charge on any atom is -0.493 e. The maximum absolute atomic E-state index is 11.1. The molecule has 6 heteroatoms. The lowest BCUT2D eigenvalue weighted by atomic mass is 10.1. The Balaban J connectivity index is 2.06. The maximum Gasteiger partial charge on any atom is 0.508 e. The molecule has 0 saturated heterocycles. The zero-order chi connectivity index (χ0) is 11.5. The van der Waals surface area contributed by atoms with E-state index < -0.39 is 18.2 Å². The zero-order valence-corrected chi connectivity index (χ0v) is 8.60. The summed E-state index contributed by atoms with van der Waals surface area (Å²) >= 11 is 0. The van der Waals surface area contributed by atoms with Crippen molar-refractivity contribution in [2.75, 3.05) is 13.2 Å². The number of hydrogen-bond donors (Lipinski definition) is 0. The summed E-state index contributed by atoms with van der Waals surface area (Å²) in [4.78, 5) is 22.1. The van der Waals surface area contributed by atoms with E-state index in [4.69, 9.17) is 14.2 Å². The Labute approximate surface area is 91.4 Å². The predicted octanol–water partition coefficient (Wildman–Crippen LogP) is 0.883. The summed E-state index contributed by atoms with van der Waals surface area (Å²) in [5.74, 6) is -0.213. The van der Waals surface area contributed by atoms with Crippen molar-refractivity contribution >= 4 is 12.1 Å². The van der Waals surface area contributed by atoms with E-state index in [2.05, 4.69) is 4.74 Å². The molecule has 0 bridgehead atoms. The molecule has 86 valence electrons. The highest BCUT2D eigenvalue weighted by Crippen LogP contribution is 2.28. The third-order valence-electron chi connectivity index (χ3n) is 2.05. The Bertz CT molecular complexity index is 381. The molecule has 0 N–H and O–H groups in total. The van der Waals surface area contributed by atoms with Crippen LogP contribution in [0.3, 0.4) is 0 Å². The second-order valence-electron chi connectivity index (χ2n) is 3.13. The Morgan fingerprint density at radius 1 is 1.62 bits per heavy atom. The minimum atomic E-state index is -0.794. The van der Waals surface area contributed by atoms with Gasteiger partial charge in [0.2, 0.25) is 0 Å². The van der Waals surface area contributed by atoms with Crippen molar-refractivity contribution in [3.05, 3.63) is 23.7 Å². The molecule has 2 heterocycles. The SMILES string of the molecule is CCOC(=O)O[C@@H]1COC=C2OC(=O)C=C21. The molecule has 0 aromatic rings. The van der Waals surface area contributed by atoms with E-state index in [1.807, 2.05) is 0 Å². The lowest BCUT2D eigenvalue weighted by Gasteiger charge is -2.21. The van der Waals surface area contributed by atoms with Crippen LogP contribution in [0.25, 0.3) is 0 Å². The van der Waals surface area contributed by atoms with Crippen molar-refractivity contribution in [2.45, 2.75) is 13.0 Å². The number of fused-ring (bicyclic) bond motifs is 1. The third kappa shape index (κ3) is 2.00. The highest BCUT2D eigenvalue weighted by Gasteiger charge is 2.33. The molecule has 0 saturated carbocycles. The second kappa shape index (κ2) is 4.26. The summed E-state index contributed by atoms with van der Waals surface area (Å²) in [5.41, 5.74) is 0.504. The van der Waals surface area contributed by atoms with Gasteiger partial charge in [-0.2, -0.15) is 0 Å². The third-order valence-corrected chi connectivity index (χ3v) is 2.05. The number of hydrogen-bond acceptors (Lipinski definition) is 6. The van der Waals surface area contributed by atoms with Crippen LogP contribution in [-0.2, 0) is 23.7 Å². The monoisotopic (exact) mass is 226 g/mol. The van der Waals surface area contributed by atoms with Crippen molar-refractivity contribution < 1.29 is 28.5 Å². The normalized spacial score (nSPS) is 22.3. The summed E-state index contributed by atoms with van der Waals surface area (Å²) in [5, 5.41) is 0. The van der Waals surface area contributed by atoms with Gasteiger partial charge >= 0.3 is 12.1 Å². The van der Waals surface area contributed by atoms with Gasteiger partial charge in [-0.1, -0.05) is 0 Å². The summed E-state index contributed by atoms with van der Waals surface area (Å²) in [6, 6.07) is 0. The molecule has 16 heavy (non-hydrogen) atoms. The number of rotatable bonds is 2. The summed E-state index contributed by atoms with van der Waals surface area (Å²) in [7, 11) is 0. The van der Waals surface area contributed by atoms with Gasteiger partial charge < -0.3 is 18.9 Å². The molecule has 1 atom stereocenters. The molecular weight excluding hydrogens is 216 g/mol. The van der Waals surface area contributed by atoms with Crippen LogP contribution in [0.2, 0.25) is 0 Å². The standard InChI is InChI=1S/C10H10O6/c1-2-14-10(12)16-8-5-13-4-7-6(8)3-9(11)15-7/h3-4,8H,2,5H2,1H3/t8-/m1/s1. The van der Waals surface area contributed by atoms with Crippen molar-refractivity contribution in [3.63, 3.8) is 0 Å². The fourth-order valence-corrected chi connectivity index (χ4v) is 1.41. The van der Waals surface area contributed by atoms with Crippen LogP contribution in [0.1, 0.15) is 6.92 Å². The van der Waals surface area contributed by atoms with Gasteiger partial charge in [-0.05, 0) is 6.92 Å². The molecular formula is C10H10O6. The Kier molecular flexibility index (Phi) is 2.80. The van der Waals surface area contributed by atoms with E-state index in [9.17, 15) is 9.59 Å². The number of ether oxygens (including phenoxy) is 4. The van der Waals surface area contributed by atoms with Crippen LogP contribution in [0, 0.1) is 0 Å². The predicted molar refractivity (Wildman–Crippen MR) is 50.1 cm³/mol. The first-order valence-electron chi connectivity index (χ1n) is 4.79. The number of esters is 1.